The lowest BCUT2D eigenvalue weighted by atomic mass is 10.1. The Morgan fingerprint density at radius 2 is 1.74 bits per heavy atom. The van der Waals surface area contributed by atoms with Crippen molar-refractivity contribution in [1.29, 1.82) is 0 Å². The number of amides is 1. The molecule has 1 N–H and O–H groups in total. The third-order valence-electron chi connectivity index (χ3n) is 6.10. The number of nitrogens with zero attached hydrogens (tertiary/aromatic N) is 2. The smallest absolute Gasteiger partial charge is 0.260 e. The second-order valence-corrected chi connectivity index (χ2v) is 9.51. The van der Waals surface area contributed by atoms with Gasteiger partial charge in [0.25, 0.3) is 5.91 Å². The summed E-state index contributed by atoms with van der Waals surface area (Å²) in [6, 6.07) is 24.1. The Balaban J connectivity index is 1.51. The number of hydrogen-bond donors (Lipinski definition) is 1. The number of carbonyl (C=O) groups is 1. The molecule has 6 nitrogen and oxygen atoms in total. The van der Waals surface area contributed by atoms with Gasteiger partial charge in [-0.25, -0.2) is 0 Å². The fraction of sp³-hybridized carbons (Fsp3) is 0.321. The largest absolute Gasteiger partial charge is 0.493 e. The molecule has 3 aromatic carbocycles. The fourth-order valence-electron chi connectivity index (χ4n) is 4.23. The molecule has 0 aromatic heterocycles. The maximum Gasteiger partial charge on any atom is 0.260 e. The average molecular weight is 538 g/mol. The van der Waals surface area contributed by atoms with Gasteiger partial charge in [-0.1, -0.05) is 58.4 Å². The number of methoxy groups -OCH3 is 1. The highest BCUT2D eigenvalue weighted by Crippen LogP contribution is 2.26. The summed E-state index contributed by atoms with van der Waals surface area (Å²) >= 11 is 3.59. The summed E-state index contributed by atoms with van der Waals surface area (Å²) in [6.45, 7) is 4.56. The van der Waals surface area contributed by atoms with Crippen LogP contribution in [-0.4, -0.2) is 55.6 Å². The zero-order valence-corrected chi connectivity index (χ0v) is 21.7. The summed E-state index contributed by atoms with van der Waals surface area (Å²) in [4.78, 5) is 17.7. The molecule has 3 aromatic rings. The van der Waals surface area contributed by atoms with Crippen LogP contribution in [0, 0.1) is 0 Å². The molecule has 0 fully saturated rings. The number of halogens is 1. The summed E-state index contributed by atoms with van der Waals surface area (Å²) < 4.78 is 12.2. The predicted molar refractivity (Wildman–Crippen MR) is 143 cm³/mol. The third kappa shape index (κ3) is 7.23. The Morgan fingerprint density at radius 1 is 0.971 bits per heavy atom. The van der Waals surface area contributed by atoms with E-state index in [9.17, 15) is 4.79 Å². The van der Waals surface area contributed by atoms with Gasteiger partial charge in [0.1, 0.15) is 0 Å². The molecule has 0 spiro atoms. The van der Waals surface area contributed by atoms with Crippen LogP contribution in [0.5, 0.6) is 11.5 Å². The van der Waals surface area contributed by atoms with E-state index in [-0.39, 0.29) is 12.5 Å². The molecule has 0 saturated heterocycles. The standard InChI is InChI=1S/C28H32BrN3O3/c1-34-26-10-5-6-11-27(26)35-21-28(33)32-17-16-31(19-22-8-3-2-4-9-22)15-7-14-30-25-13-12-24(29)18-23(25)20-32/h2-6,8-13,18,30H,7,14-17,19-21H2,1H3. The minimum Gasteiger partial charge on any atom is -0.493 e. The Labute approximate surface area is 216 Å². The van der Waals surface area contributed by atoms with Crippen LogP contribution < -0.4 is 14.8 Å². The predicted octanol–water partition coefficient (Wildman–Crippen LogP) is 5.18. The normalized spacial score (nSPS) is 14.9. The number of benzene rings is 3. The summed E-state index contributed by atoms with van der Waals surface area (Å²) in [7, 11) is 1.60. The number of ether oxygens (including phenoxy) is 2. The molecular formula is C28H32BrN3O3. The van der Waals surface area contributed by atoms with Gasteiger partial charge in [-0.3, -0.25) is 9.69 Å². The Hall–Kier alpha value is -3.03. The molecule has 0 atom stereocenters. The Bertz CT molecular complexity index is 1110. The van der Waals surface area contributed by atoms with E-state index in [0.717, 1.165) is 48.3 Å². The van der Waals surface area contributed by atoms with E-state index in [1.165, 1.54) is 5.56 Å². The number of anilines is 1. The molecular weight excluding hydrogens is 506 g/mol. The highest BCUT2D eigenvalue weighted by atomic mass is 79.9. The topological polar surface area (TPSA) is 54.0 Å². The minimum absolute atomic E-state index is 0.0458. The molecule has 1 aliphatic rings. The zero-order chi connectivity index (χ0) is 24.5. The lowest BCUT2D eigenvalue weighted by Crippen LogP contribution is -2.40. The molecule has 184 valence electrons. The molecule has 0 bridgehead atoms. The third-order valence-corrected chi connectivity index (χ3v) is 6.60. The van der Waals surface area contributed by atoms with E-state index in [1.807, 2.05) is 41.3 Å². The van der Waals surface area contributed by atoms with E-state index in [2.05, 4.69) is 62.5 Å². The van der Waals surface area contributed by atoms with Crippen molar-refractivity contribution >= 4 is 27.5 Å². The van der Waals surface area contributed by atoms with Crippen LogP contribution in [0.1, 0.15) is 17.5 Å². The number of fused-ring (bicyclic) bond motifs is 1. The highest BCUT2D eigenvalue weighted by molar-refractivity contribution is 9.10. The minimum atomic E-state index is -0.0549. The van der Waals surface area contributed by atoms with E-state index in [1.54, 1.807) is 7.11 Å². The van der Waals surface area contributed by atoms with Gasteiger partial charge in [0.15, 0.2) is 18.1 Å². The number of rotatable bonds is 6. The molecule has 7 heteroatoms. The van der Waals surface area contributed by atoms with Gasteiger partial charge in [0.2, 0.25) is 0 Å². The molecule has 1 heterocycles. The lowest BCUT2D eigenvalue weighted by molar-refractivity contribution is -0.134. The maximum absolute atomic E-state index is 13.4. The zero-order valence-electron chi connectivity index (χ0n) is 20.1. The van der Waals surface area contributed by atoms with Gasteiger partial charge < -0.3 is 19.7 Å². The molecule has 0 aliphatic carbocycles. The van der Waals surface area contributed by atoms with Crippen molar-refractivity contribution in [2.24, 2.45) is 0 Å². The van der Waals surface area contributed by atoms with Gasteiger partial charge in [0.05, 0.1) is 7.11 Å². The first-order valence-corrected chi connectivity index (χ1v) is 12.7. The monoisotopic (exact) mass is 537 g/mol. The quantitative estimate of drug-likeness (QED) is 0.469. The molecule has 4 rings (SSSR count). The summed E-state index contributed by atoms with van der Waals surface area (Å²) in [5.41, 5.74) is 3.43. The van der Waals surface area contributed by atoms with Crippen LogP contribution in [-0.2, 0) is 17.9 Å². The first-order valence-electron chi connectivity index (χ1n) is 11.9. The van der Waals surface area contributed by atoms with Crippen molar-refractivity contribution in [3.05, 3.63) is 88.4 Å². The van der Waals surface area contributed by atoms with E-state index in [0.29, 0.717) is 24.6 Å². The van der Waals surface area contributed by atoms with Crippen molar-refractivity contribution < 1.29 is 14.3 Å². The van der Waals surface area contributed by atoms with Gasteiger partial charge >= 0.3 is 0 Å². The van der Waals surface area contributed by atoms with Crippen molar-refractivity contribution in [2.45, 2.75) is 19.5 Å². The average Bonchev–Trinajstić information content (AvgIpc) is 2.92. The van der Waals surface area contributed by atoms with E-state index >= 15 is 0 Å². The summed E-state index contributed by atoms with van der Waals surface area (Å²) in [6.07, 6.45) is 1.02. The van der Waals surface area contributed by atoms with Crippen LogP contribution in [0.4, 0.5) is 5.69 Å². The molecule has 0 unspecified atom stereocenters. The van der Waals surface area contributed by atoms with Crippen molar-refractivity contribution in [3.8, 4) is 11.5 Å². The summed E-state index contributed by atoms with van der Waals surface area (Å²) in [5, 5.41) is 3.57. The highest BCUT2D eigenvalue weighted by Gasteiger charge is 2.20. The SMILES string of the molecule is COc1ccccc1OCC(=O)N1CCN(Cc2ccccc2)CCCNc2ccc(Br)cc2C1. The van der Waals surface area contributed by atoms with Crippen LogP contribution in [0.15, 0.2) is 77.3 Å². The number of nitrogens with one attached hydrogen (secondary N) is 1. The molecule has 0 radical (unpaired) electrons. The second kappa shape index (κ2) is 12.6. The van der Waals surface area contributed by atoms with Crippen LogP contribution in [0.2, 0.25) is 0 Å². The van der Waals surface area contributed by atoms with Gasteiger partial charge in [-0.2, -0.15) is 0 Å². The van der Waals surface area contributed by atoms with Gasteiger partial charge in [-0.15, -0.1) is 0 Å². The fourth-order valence-corrected chi connectivity index (χ4v) is 4.64. The lowest BCUT2D eigenvalue weighted by Gasteiger charge is -2.28. The number of para-hydroxylation sites is 2. The van der Waals surface area contributed by atoms with Crippen LogP contribution in [0.3, 0.4) is 0 Å². The van der Waals surface area contributed by atoms with Gasteiger partial charge in [0, 0.05) is 49.4 Å². The number of hydrogen-bond acceptors (Lipinski definition) is 5. The van der Waals surface area contributed by atoms with E-state index in [4.69, 9.17) is 9.47 Å². The first-order chi connectivity index (χ1) is 17.1. The molecule has 1 amide bonds. The van der Waals surface area contributed by atoms with Crippen molar-refractivity contribution in [2.75, 3.05) is 45.2 Å². The first kappa shape index (κ1) is 25.1. The van der Waals surface area contributed by atoms with Gasteiger partial charge in [-0.05, 0) is 47.9 Å². The molecule has 0 saturated carbocycles. The maximum atomic E-state index is 13.4. The molecule has 1 aliphatic heterocycles. The molecule has 35 heavy (non-hydrogen) atoms. The number of carbonyl (C=O) groups excluding carboxylic acids is 1. The van der Waals surface area contributed by atoms with E-state index < -0.39 is 0 Å². The van der Waals surface area contributed by atoms with Crippen molar-refractivity contribution in [3.63, 3.8) is 0 Å². The van der Waals surface area contributed by atoms with Crippen LogP contribution >= 0.6 is 15.9 Å². The summed E-state index contributed by atoms with van der Waals surface area (Å²) in [5.74, 6) is 1.13. The second-order valence-electron chi connectivity index (χ2n) is 8.60. The Morgan fingerprint density at radius 3 is 2.54 bits per heavy atom. The van der Waals surface area contributed by atoms with Crippen LogP contribution in [0.25, 0.3) is 0 Å². The Kier molecular flexibility index (Phi) is 9.03. The van der Waals surface area contributed by atoms with Crippen molar-refractivity contribution in [1.82, 2.24) is 9.80 Å².